The molecule has 3 nitrogen and oxygen atoms in total. The Kier molecular flexibility index (Phi) is 3.13. The van der Waals surface area contributed by atoms with Gasteiger partial charge >= 0.3 is 0 Å². The van der Waals surface area contributed by atoms with Gasteiger partial charge < -0.3 is 4.98 Å². The lowest BCUT2D eigenvalue weighted by molar-refractivity contribution is 1.09. The summed E-state index contributed by atoms with van der Waals surface area (Å²) < 4.78 is 0. The Morgan fingerprint density at radius 2 is 1.79 bits per heavy atom. The zero-order valence-electron chi connectivity index (χ0n) is 9.84. The van der Waals surface area contributed by atoms with Crippen molar-refractivity contribution >= 4 is 45.8 Å². The van der Waals surface area contributed by atoms with Crippen LogP contribution in [0.1, 0.15) is 5.82 Å². The van der Waals surface area contributed by atoms with E-state index >= 15 is 0 Å². The van der Waals surface area contributed by atoms with Gasteiger partial charge in [-0.3, -0.25) is 0 Å². The summed E-state index contributed by atoms with van der Waals surface area (Å²) >= 11 is 18.0. The fourth-order valence-corrected chi connectivity index (χ4v) is 2.47. The number of fused-ring (bicyclic) bond motifs is 1. The molecule has 0 aliphatic heterocycles. The number of halogens is 3. The molecule has 0 unspecified atom stereocenters. The van der Waals surface area contributed by atoms with Crippen molar-refractivity contribution in [1.82, 2.24) is 15.0 Å². The molecule has 0 radical (unpaired) electrons. The Labute approximate surface area is 124 Å². The number of benzene rings is 1. The summed E-state index contributed by atoms with van der Waals surface area (Å²) in [6.07, 6.45) is 0. The van der Waals surface area contributed by atoms with Gasteiger partial charge in [0.1, 0.15) is 11.3 Å². The minimum atomic E-state index is 0.411. The molecular weight excluding hydrogens is 305 g/mol. The fourth-order valence-electron chi connectivity index (χ4n) is 1.91. The van der Waals surface area contributed by atoms with E-state index in [4.69, 9.17) is 34.8 Å². The first-order chi connectivity index (χ1) is 9.04. The smallest absolute Gasteiger partial charge is 0.156 e. The summed E-state index contributed by atoms with van der Waals surface area (Å²) in [7, 11) is 0. The molecule has 96 valence electrons. The van der Waals surface area contributed by atoms with Crippen LogP contribution in [0.5, 0.6) is 0 Å². The van der Waals surface area contributed by atoms with Crippen molar-refractivity contribution in [2.24, 2.45) is 0 Å². The van der Waals surface area contributed by atoms with Crippen LogP contribution >= 0.6 is 34.8 Å². The number of rotatable bonds is 1. The zero-order chi connectivity index (χ0) is 13.6. The number of nitrogens with one attached hydrogen (secondary N) is 1. The molecule has 3 rings (SSSR count). The molecule has 0 saturated heterocycles. The maximum absolute atomic E-state index is 6.09. The quantitative estimate of drug-likeness (QED) is 0.650. The van der Waals surface area contributed by atoms with E-state index in [1.54, 1.807) is 19.1 Å². The van der Waals surface area contributed by atoms with Crippen LogP contribution in [0.4, 0.5) is 0 Å². The van der Waals surface area contributed by atoms with E-state index in [0.717, 1.165) is 16.8 Å². The van der Waals surface area contributed by atoms with Gasteiger partial charge in [-0.05, 0) is 30.7 Å². The van der Waals surface area contributed by atoms with Crippen LogP contribution in [0, 0.1) is 6.92 Å². The normalized spacial score (nSPS) is 11.2. The van der Waals surface area contributed by atoms with Crippen LogP contribution in [0.3, 0.4) is 0 Å². The summed E-state index contributed by atoms with van der Waals surface area (Å²) in [5.74, 6) is 0.636. The Bertz CT molecular complexity index is 780. The molecule has 2 heterocycles. The largest absolute Gasteiger partial charge is 0.351 e. The second-order valence-electron chi connectivity index (χ2n) is 4.13. The molecule has 19 heavy (non-hydrogen) atoms. The second kappa shape index (κ2) is 4.67. The van der Waals surface area contributed by atoms with Crippen molar-refractivity contribution in [2.75, 3.05) is 0 Å². The Morgan fingerprint density at radius 3 is 2.53 bits per heavy atom. The molecule has 0 bridgehead atoms. The third kappa shape index (κ3) is 2.29. The number of hydrogen-bond donors (Lipinski definition) is 1. The number of hydrogen-bond acceptors (Lipinski definition) is 2. The van der Waals surface area contributed by atoms with E-state index in [1.807, 2.05) is 12.1 Å². The molecule has 6 heteroatoms. The van der Waals surface area contributed by atoms with Crippen molar-refractivity contribution in [3.05, 3.63) is 45.3 Å². The number of aromatic nitrogens is 3. The molecule has 0 spiro atoms. The summed E-state index contributed by atoms with van der Waals surface area (Å²) in [5, 5.41) is 1.44. The van der Waals surface area contributed by atoms with Gasteiger partial charge in [-0.25, -0.2) is 9.97 Å². The standard InChI is InChI=1S/C13H8Cl3N3/c1-6-17-11-5-10(19-12(11)13(16)18-6)7-2-3-8(14)9(15)4-7/h2-5,19H,1H3. The third-order valence-corrected chi connectivity index (χ3v) is 3.79. The van der Waals surface area contributed by atoms with Gasteiger partial charge in [0.25, 0.3) is 0 Å². The lowest BCUT2D eigenvalue weighted by Crippen LogP contribution is -1.87. The van der Waals surface area contributed by atoms with Gasteiger partial charge in [0.05, 0.1) is 15.6 Å². The van der Waals surface area contributed by atoms with Crippen molar-refractivity contribution < 1.29 is 0 Å². The van der Waals surface area contributed by atoms with E-state index in [9.17, 15) is 0 Å². The zero-order valence-corrected chi connectivity index (χ0v) is 12.1. The average molecular weight is 313 g/mol. The van der Waals surface area contributed by atoms with Crippen molar-refractivity contribution in [3.8, 4) is 11.3 Å². The summed E-state index contributed by atoms with van der Waals surface area (Å²) in [6, 6.07) is 7.34. The second-order valence-corrected chi connectivity index (χ2v) is 5.31. The van der Waals surface area contributed by atoms with Gasteiger partial charge in [0.15, 0.2) is 5.15 Å². The number of H-pyrrole nitrogens is 1. The number of aromatic amines is 1. The minimum absolute atomic E-state index is 0.411. The minimum Gasteiger partial charge on any atom is -0.351 e. The molecule has 2 aromatic heterocycles. The molecule has 0 atom stereocenters. The first kappa shape index (κ1) is 12.7. The summed E-state index contributed by atoms with van der Waals surface area (Å²) in [4.78, 5) is 11.6. The van der Waals surface area contributed by atoms with E-state index in [1.165, 1.54) is 0 Å². The molecular formula is C13H8Cl3N3. The van der Waals surface area contributed by atoms with E-state index in [2.05, 4.69) is 15.0 Å². The van der Waals surface area contributed by atoms with E-state index in [-0.39, 0.29) is 0 Å². The topological polar surface area (TPSA) is 41.6 Å². The van der Waals surface area contributed by atoms with Crippen LogP contribution in [-0.2, 0) is 0 Å². The summed E-state index contributed by atoms with van der Waals surface area (Å²) in [6.45, 7) is 1.80. The van der Waals surface area contributed by atoms with Gasteiger partial charge in [0, 0.05) is 5.69 Å². The first-order valence-corrected chi connectivity index (χ1v) is 6.66. The lowest BCUT2D eigenvalue weighted by atomic mass is 10.1. The monoisotopic (exact) mass is 311 g/mol. The van der Waals surface area contributed by atoms with Crippen LogP contribution in [0.15, 0.2) is 24.3 Å². The average Bonchev–Trinajstić information content (AvgIpc) is 2.76. The number of aryl methyl sites for hydroxylation is 1. The molecule has 3 aromatic rings. The molecule has 0 aliphatic rings. The Morgan fingerprint density at radius 1 is 1.00 bits per heavy atom. The van der Waals surface area contributed by atoms with Crippen molar-refractivity contribution in [2.45, 2.75) is 6.92 Å². The highest BCUT2D eigenvalue weighted by molar-refractivity contribution is 6.42. The van der Waals surface area contributed by atoms with Gasteiger partial charge in [-0.2, -0.15) is 0 Å². The lowest BCUT2D eigenvalue weighted by Gasteiger charge is -2.00. The Balaban J connectivity index is 2.20. The fraction of sp³-hybridized carbons (Fsp3) is 0.0769. The van der Waals surface area contributed by atoms with Gasteiger partial charge in [-0.15, -0.1) is 0 Å². The predicted octanol–water partition coefficient (Wildman–Crippen LogP) is 4.89. The van der Waals surface area contributed by atoms with Gasteiger partial charge in [0.2, 0.25) is 0 Å². The Hall–Kier alpha value is -1.29. The maximum atomic E-state index is 6.09. The van der Waals surface area contributed by atoms with Crippen molar-refractivity contribution in [1.29, 1.82) is 0 Å². The first-order valence-electron chi connectivity index (χ1n) is 5.53. The highest BCUT2D eigenvalue weighted by atomic mass is 35.5. The molecule has 1 aromatic carbocycles. The highest BCUT2D eigenvalue weighted by Crippen LogP contribution is 2.30. The molecule has 0 aliphatic carbocycles. The maximum Gasteiger partial charge on any atom is 0.156 e. The molecule has 0 amide bonds. The van der Waals surface area contributed by atoms with Crippen LogP contribution in [-0.4, -0.2) is 15.0 Å². The summed E-state index contributed by atoms with van der Waals surface area (Å²) in [5.41, 5.74) is 3.28. The van der Waals surface area contributed by atoms with E-state index in [0.29, 0.717) is 26.5 Å². The molecule has 0 saturated carbocycles. The van der Waals surface area contributed by atoms with Gasteiger partial charge in [-0.1, -0.05) is 40.9 Å². The van der Waals surface area contributed by atoms with Crippen LogP contribution < -0.4 is 0 Å². The third-order valence-electron chi connectivity index (χ3n) is 2.78. The van der Waals surface area contributed by atoms with Crippen LogP contribution in [0.25, 0.3) is 22.3 Å². The molecule has 1 N–H and O–H groups in total. The predicted molar refractivity (Wildman–Crippen MR) is 79.1 cm³/mol. The number of nitrogens with zero attached hydrogens (tertiary/aromatic N) is 2. The van der Waals surface area contributed by atoms with E-state index < -0.39 is 0 Å². The van der Waals surface area contributed by atoms with Crippen molar-refractivity contribution in [3.63, 3.8) is 0 Å². The SMILES string of the molecule is Cc1nc(Cl)c2[nH]c(-c3ccc(Cl)c(Cl)c3)cc2n1. The highest BCUT2D eigenvalue weighted by Gasteiger charge is 2.10. The van der Waals surface area contributed by atoms with Crippen LogP contribution in [0.2, 0.25) is 15.2 Å². The molecule has 0 fully saturated rings.